The first-order chi connectivity index (χ1) is 14.0. The lowest BCUT2D eigenvalue weighted by molar-refractivity contribution is 0.00330. The van der Waals surface area contributed by atoms with Gasteiger partial charge in [-0.05, 0) is 48.2 Å². The number of aliphatic hydroxyl groups is 2. The zero-order chi connectivity index (χ0) is 20.7. The van der Waals surface area contributed by atoms with E-state index in [0.717, 1.165) is 22.3 Å². The highest BCUT2D eigenvalue weighted by molar-refractivity contribution is 5.62. The van der Waals surface area contributed by atoms with Gasteiger partial charge < -0.3 is 20.5 Å². The van der Waals surface area contributed by atoms with Crippen molar-refractivity contribution < 1.29 is 10.2 Å². The van der Waals surface area contributed by atoms with E-state index < -0.39 is 5.60 Å². The Morgan fingerprint density at radius 2 is 1.66 bits per heavy atom. The van der Waals surface area contributed by atoms with E-state index in [0.29, 0.717) is 19.4 Å². The minimum atomic E-state index is -1.04. The van der Waals surface area contributed by atoms with Gasteiger partial charge in [0.25, 0.3) is 0 Å². The first-order valence-corrected chi connectivity index (χ1v) is 9.93. The monoisotopic (exact) mass is 392 g/mol. The van der Waals surface area contributed by atoms with E-state index in [4.69, 9.17) is 0 Å². The van der Waals surface area contributed by atoms with Gasteiger partial charge in [0.2, 0.25) is 5.56 Å². The van der Waals surface area contributed by atoms with Crippen LogP contribution in [0.1, 0.15) is 36.9 Å². The number of hydrogen-bond acceptors (Lipinski definition) is 4. The summed E-state index contributed by atoms with van der Waals surface area (Å²) < 4.78 is 0. The molecule has 0 aliphatic carbocycles. The lowest BCUT2D eigenvalue weighted by Gasteiger charge is -2.29. The van der Waals surface area contributed by atoms with E-state index >= 15 is 0 Å². The molecule has 3 rings (SSSR count). The number of pyridine rings is 1. The van der Waals surface area contributed by atoms with E-state index in [1.807, 2.05) is 42.5 Å². The normalized spacial score (nSPS) is 14.3. The summed E-state index contributed by atoms with van der Waals surface area (Å²) >= 11 is 0. The number of aliphatic hydroxyl groups excluding tert-OH is 1. The van der Waals surface area contributed by atoms with Crippen LogP contribution in [0.4, 0.5) is 0 Å². The number of benzene rings is 2. The molecule has 2 atom stereocenters. The molecular formula is C24H28N2O3. The van der Waals surface area contributed by atoms with Gasteiger partial charge in [-0.15, -0.1) is 0 Å². The van der Waals surface area contributed by atoms with E-state index in [1.165, 1.54) is 6.07 Å². The van der Waals surface area contributed by atoms with Crippen molar-refractivity contribution in [2.24, 2.45) is 0 Å². The largest absolute Gasteiger partial charge is 0.396 e. The Labute approximate surface area is 171 Å². The molecule has 0 fully saturated rings. The molecule has 1 aromatic heterocycles. The van der Waals surface area contributed by atoms with E-state index in [9.17, 15) is 15.0 Å². The molecule has 152 valence electrons. The summed E-state index contributed by atoms with van der Waals surface area (Å²) in [6.07, 6.45) is 2.53. The lowest BCUT2D eigenvalue weighted by Crippen LogP contribution is -2.32. The van der Waals surface area contributed by atoms with Gasteiger partial charge >= 0.3 is 0 Å². The number of hydrogen-bond donors (Lipinski definition) is 4. The Morgan fingerprint density at radius 1 is 0.966 bits per heavy atom. The molecule has 3 aromatic rings. The zero-order valence-corrected chi connectivity index (χ0v) is 16.6. The zero-order valence-electron chi connectivity index (χ0n) is 16.6. The van der Waals surface area contributed by atoms with Crippen LogP contribution in [-0.2, 0) is 5.60 Å². The molecule has 0 bridgehead atoms. The number of nitrogens with one attached hydrogen (secondary N) is 2. The number of aromatic amines is 1. The molecule has 29 heavy (non-hydrogen) atoms. The molecule has 0 spiro atoms. The first kappa shape index (κ1) is 21.0. The van der Waals surface area contributed by atoms with Crippen LogP contribution < -0.4 is 10.9 Å². The Hall–Kier alpha value is -2.73. The fourth-order valence-corrected chi connectivity index (χ4v) is 3.51. The maximum absolute atomic E-state index is 11.2. The van der Waals surface area contributed by atoms with E-state index in [2.05, 4.69) is 29.4 Å². The van der Waals surface area contributed by atoms with Gasteiger partial charge in [-0.2, -0.15) is 0 Å². The summed E-state index contributed by atoms with van der Waals surface area (Å²) in [5, 5.41) is 23.9. The highest BCUT2D eigenvalue weighted by Gasteiger charge is 2.28. The summed E-state index contributed by atoms with van der Waals surface area (Å²) in [5.41, 5.74) is 2.82. The highest BCUT2D eigenvalue weighted by Crippen LogP contribution is 2.28. The molecule has 2 aromatic carbocycles. The van der Waals surface area contributed by atoms with Gasteiger partial charge in [-0.3, -0.25) is 4.79 Å². The average molecular weight is 392 g/mol. The van der Waals surface area contributed by atoms with Gasteiger partial charge in [0.1, 0.15) is 0 Å². The third-order valence-electron chi connectivity index (χ3n) is 5.35. The molecule has 0 radical (unpaired) electrons. The molecule has 5 heteroatoms. The van der Waals surface area contributed by atoms with Crippen LogP contribution in [-0.4, -0.2) is 28.3 Å². The van der Waals surface area contributed by atoms with Crippen LogP contribution in [0.2, 0.25) is 0 Å². The molecule has 0 aliphatic heterocycles. The molecule has 0 aliphatic rings. The third kappa shape index (κ3) is 5.41. The van der Waals surface area contributed by atoms with Gasteiger partial charge in [0.05, 0.1) is 5.60 Å². The predicted octanol–water partition coefficient (Wildman–Crippen LogP) is 3.35. The molecular weight excluding hydrogens is 364 g/mol. The second-order valence-electron chi connectivity index (χ2n) is 7.36. The first-order valence-electron chi connectivity index (χ1n) is 9.93. The van der Waals surface area contributed by atoms with Gasteiger partial charge in [-0.1, -0.05) is 54.6 Å². The third-order valence-corrected chi connectivity index (χ3v) is 5.35. The topological polar surface area (TPSA) is 85.3 Å². The minimum Gasteiger partial charge on any atom is -0.396 e. The van der Waals surface area contributed by atoms with Crippen LogP contribution in [0.25, 0.3) is 11.1 Å². The summed E-state index contributed by atoms with van der Waals surface area (Å²) in [5.74, 6) is 0. The van der Waals surface area contributed by atoms with Crippen LogP contribution in [0.5, 0.6) is 0 Å². The van der Waals surface area contributed by atoms with Crippen molar-refractivity contribution in [3.63, 3.8) is 0 Å². The minimum absolute atomic E-state index is 0.0623. The molecule has 0 amide bonds. The van der Waals surface area contributed by atoms with Crippen molar-refractivity contribution in [3.05, 3.63) is 94.4 Å². The standard InChI is InChI=1S/C24H28N2O3/c1-18(19-7-9-20(10-8-19)21-11-12-23(28)26-17-21)25-15-13-24(29,14-16-27)22-5-3-2-4-6-22/h2-12,17-18,25,27,29H,13-16H2,1H3,(H,26,28)/t18-,24-/m0/s1. The smallest absolute Gasteiger partial charge is 0.247 e. The lowest BCUT2D eigenvalue weighted by atomic mass is 9.87. The fraction of sp³-hybridized carbons (Fsp3) is 0.292. The van der Waals surface area contributed by atoms with Crippen molar-refractivity contribution in [1.29, 1.82) is 0 Å². The van der Waals surface area contributed by atoms with Gasteiger partial charge in [0, 0.05) is 31.3 Å². The van der Waals surface area contributed by atoms with Crippen LogP contribution in [0, 0.1) is 0 Å². The molecule has 0 unspecified atom stereocenters. The van der Waals surface area contributed by atoms with Gasteiger partial charge in [0.15, 0.2) is 0 Å². The molecule has 0 saturated heterocycles. The Morgan fingerprint density at radius 3 is 2.28 bits per heavy atom. The maximum Gasteiger partial charge on any atom is 0.247 e. The summed E-state index contributed by atoms with van der Waals surface area (Å²) in [6.45, 7) is 2.64. The Bertz CT molecular complexity index is 933. The van der Waals surface area contributed by atoms with E-state index in [-0.39, 0.29) is 18.2 Å². The van der Waals surface area contributed by atoms with Crippen molar-refractivity contribution in [2.75, 3.05) is 13.2 Å². The Kier molecular flexibility index (Phi) is 6.99. The average Bonchev–Trinajstić information content (AvgIpc) is 2.75. The quantitative estimate of drug-likeness (QED) is 0.450. The second-order valence-corrected chi connectivity index (χ2v) is 7.36. The number of rotatable bonds is 9. The Balaban J connectivity index is 1.60. The van der Waals surface area contributed by atoms with Gasteiger partial charge in [-0.25, -0.2) is 0 Å². The van der Waals surface area contributed by atoms with E-state index in [1.54, 1.807) is 12.3 Å². The van der Waals surface area contributed by atoms with Crippen LogP contribution >= 0.6 is 0 Å². The number of H-pyrrole nitrogens is 1. The molecule has 4 N–H and O–H groups in total. The fourth-order valence-electron chi connectivity index (χ4n) is 3.51. The summed E-state index contributed by atoms with van der Waals surface area (Å²) in [6, 6.07) is 21.2. The number of aromatic nitrogens is 1. The SMILES string of the molecule is C[C@H](NCC[C@](O)(CCO)c1ccccc1)c1ccc(-c2ccc(=O)[nH]c2)cc1. The molecule has 5 nitrogen and oxygen atoms in total. The van der Waals surface area contributed by atoms with Crippen molar-refractivity contribution >= 4 is 0 Å². The molecule has 0 saturated carbocycles. The summed E-state index contributed by atoms with van der Waals surface area (Å²) in [7, 11) is 0. The predicted molar refractivity (Wildman–Crippen MR) is 116 cm³/mol. The van der Waals surface area contributed by atoms with Crippen molar-refractivity contribution in [1.82, 2.24) is 10.3 Å². The van der Waals surface area contributed by atoms with Crippen LogP contribution in [0.15, 0.2) is 77.7 Å². The molecule has 1 heterocycles. The summed E-state index contributed by atoms with van der Waals surface area (Å²) in [4.78, 5) is 13.9. The van der Waals surface area contributed by atoms with Crippen LogP contribution in [0.3, 0.4) is 0 Å². The van der Waals surface area contributed by atoms with Crippen molar-refractivity contribution in [2.45, 2.75) is 31.4 Å². The second kappa shape index (κ2) is 9.65. The van der Waals surface area contributed by atoms with Crippen molar-refractivity contribution in [3.8, 4) is 11.1 Å². The maximum atomic E-state index is 11.2. The highest BCUT2D eigenvalue weighted by atomic mass is 16.3.